The molecule has 6 nitrogen and oxygen atoms in total. The van der Waals surface area contributed by atoms with Crippen molar-refractivity contribution in [1.29, 1.82) is 0 Å². The van der Waals surface area contributed by atoms with Gasteiger partial charge in [-0.15, -0.1) is 0 Å². The molecule has 1 aliphatic carbocycles. The number of piperidine rings is 1. The molecule has 0 amide bonds. The molecule has 7 heteroatoms. The molecule has 2 aliphatic rings. The van der Waals surface area contributed by atoms with Crippen LogP contribution >= 0.6 is 0 Å². The second-order valence-electron chi connectivity index (χ2n) is 9.16. The molecule has 4 rings (SSSR count). The summed E-state index contributed by atoms with van der Waals surface area (Å²) in [5.41, 5.74) is 2.91. The number of fused-ring (bicyclic) bond motifs is 1. The SMILES string of the molecule is COc1ccc(N(C)S(C)(=O)=O)cc1CNC1CC2CCCCC2NC1c1ccccc1. The highest BCUT2D eigenvalue weighted by Crippen LogP contribution is 2.37. The molecule has 1 heterocycles. The average Bonchev–Trinajstić information content (AvgIpc) is 2.81. The van der Waals surface area contributed by atoms with E-state index in [0.717, 1.165) is 17.7 Å². The normalized spacial score (nSPS) is 25.7. The highest BCUT2D eigenvalue weighted by Gasteiger charge is 2.38. The molecule has 32 heavy (non-hydrogen) atoms. The zero-order chi connectivity index (χ0) is 22.7. The summed E-state index contributed by atoms with van der Waals surface area (Å²) in [7, 11) is -0.0931. The summed E-state index contributed by atoms with van der Waals surface area (Å²) in [6.07, 6.45) is 7.53. The maximum absolute atomic E-state index is 12.0. The zero-order valence-electron chi connectivity index (χ0n) is 19.3. The first kappa shape index (κ1) is 23.1. The fourth-order valence-electron chi connectivity index (χ4n) is 5.24. The zero-order valence-corrected chi connectivity index (χ0v) is 20.1. The van der Waals surface area contributed by atoms with Gasteiger partial charge >= 0.3 is 0 Å². The van der Waals surface area contributed by atoms with Gasteiger partial charge in [-0.3, -0.25) is 4.31 Å². The van der Waals surface area contributed by atoms with Gasteiger partial charge in [0, 0.05) is 37.3 Å². The standard InChI is InChI=1S/C25H35N3O3S/c1-28(32(3,29)30)21-13-14-24(31-2)20(15-21)17-26-23-16-19-11-7-8-12-22(19)27-25(23)18-9-5-4-6-10-18/h4-6,9-10,13-15,19,22-23,25-27H,7-8,11-12,16-17H2,1-3H3. The smallest absolute Gasteiger partial charge is 0.231 e. The van der Waals surface area contributed by atoms with Gasteiger partial charge in [-0.1, -0.05) is 43.2 Å². The number of hydrogen-bond donors (Lipinski definition) is 2. The van der Waals surface area contributed by atoms with Crippen molar-refractivity contribution in [2.24, 2.45) is 5.92 Å². The average molecular weight is 458 g/mol. The quantitative estimate of drug-likeness (QED) is 0.661. The summed E-state index contributed by atoms with van der Waals surface area (Å²) in [5.74, 6) is 1.46. The number of hydrogen-bond acceptors (Lipinski definition) is 5. The second kappa shape index (κ2) is 9.81. The number of methoxy groups -OCH3 is 1. The molecule has 1 aliphatic heterocycles. The lowest BCUT2D eigenvalue weighted by molar-refractivity contribution is 0.140. The van der Waals surface area contributed by atoms with E-state index in [4.69, 9.17) is 4.74 Å². The van der Waals surface area contributed by atoms with Gasteiger partial charge in [0.15, 0.2) is 0 Å². The molecular formula is C25H35N3O3S. The van der Waals surface area contributed by atoms with Crippen molar-refractivity contribution in [1.82, 2.24) is 10.6 Å². The fourth-order valence-corrected chi connectivity index (χ4v) is 5.74. The Bertz CT molecular complexity index is 1010. The number of sulfonamides is 1. The lowest BCUT2D eigenvalue weighted by Gasteiger charge is -2.45. The summed E-state index contributed by atoms with van der Waals surface area (Å²) in [5, 5.41) is 7.74. The second-order valence-corrected chi connectivity index (χ2v) is 11.2. The van der Waals surface area contributed by atoms with Crippen LogP contribution in [0.15, 0.2) is 48.5 Å². The first-order chi connectivity index (χ1) is 15.4. The number of ether oxygens (including phenoxy) is 1. The molecule has 174 valence electrons. The van der Waals surface area contributed by atoms with Gasteiger partial charge < -0.3 is 15.4 Å². The van der Waals surface area contributed by atoms with Gasteiger partial charge in [-0.2, -0.15) is 0 Å². The minimum atomic E-state index is -3.32. The highest BCUT2D eigenvalue weighted by atomic mass is 32.2. The molecule has 0 spiro atoms. The number of nitrogens with zero attached hydrogens (tertiary/aromatic N) is 1. The molecule has 4 atom stereocenters. The lowest BCUT2D eigenvalue weighted by atomic mass is 9.74. The van der Waals surface area contributed by atoms with Crippen molar-refractivity contribution >= 4 is 15.7 Å². The fraction of sp³-hybridized carbons (Fsp3) is 0.520. The van der Waals surface area contributed by atoms with Gasteiger partial charge in [0.2, 0.25) is 10.0 Å². The van der Waals surface area contributed by atoms with Crippen molar-refractivity contribution in [3.63, 3.8) is 0 Å². The molecule has 2 aromatic carbocycles. The van der Waals surface area contributed by atoms with E-state index in [2.05, 4.69) is 41.0 Å². The molecule has 2 aromatic rings. The predicted octanol–water partition coefficient (Wildman–Crippen LogP) is 3.84. The van der Waals surface area contributed by atoms with Crippen LogP contribution < -0.4 is 19.7 Å². The van der Waals surface area contributed by atoms with Crippen LogP contribution in [0.1, 0.15) is 49.3 Å². The topological polar surface area (TPSA) is 70.7 Å². The van der Waals surface area contributed by atoms with Gasteiger partial charge in [-0.05, 0) is 48.9 Å². The van der Waals surface area contributed by atoms with Gasteiger partial charge in [0.25, 0.3) is 0 Å². The van der Waals surface area contributed by atoms with E-state index in [-0.39, 0.29) is 12.1 Å². The summed E-state index contributed by atoms with van der Waals surface area (Å²) >= 11 is 0. The monoisotopic (exact) mass is 457 g/mol. The Morgan fingerprint density at radius 1 is 1.12 bits per heavy atom. The minimum absolute atomic E-state index is 0.253. The molecule has 1 saturated heterocycles. The molecule has 1 saturated carbocycles. The summed E-state index contributed by atoms with van der Waals surface area (Å²) in [4.78, 5) is 0. The van der Waals surface area contributed by atoms with E-state index in [1.807, 2.05) is 12.1 Å². The van der Waals surface area contributed by atoms with Gasteiger partial charge in [0.1, 0.15) is 5.75 Å². The van der Waals surface area contributed by atoms with Crippen LogP contribution in [0.3, 0.4) is 0 Å². The van der Waals surface area contributed by atoms with Crippen LogP contribution in [0.4, 0.5) is 5.69 Å². The van der Waals surface area contributed by atoms with E-state index in [1.165, 1.54) is 41.8 Å². The van der Waals surface area contributed by atoms with E-state index >= 15 is 0 Å². The van der Waals surface area contributed by atoms with Crippen molar-refractivity contribution in [2.75, 3.05) is 24.7 Å². The molecule has 2 N–H and O–H groups in total. The third kappa shape index (κ3) is 5.11. The third-order valence-corrected chi connectivity index (χ3v) is 8.31. The summed E-state index contributed by atoms with van der Waals surface area (Å²) in [6, 6.07) is 17.4. The number of nitrogens with one attached hydrogen (secondary N) is 2. The van der Waals surface area contributed by atoms with E-state index < -0.39 is 10.0 Å². The maximum atomic E-state index is 12.0. The minimum Gasteiger partial charge on any atom is -0.496 e. The summed E-state index contributed by atoms with van der Waals surface area (Å²) in [6.45, 7) is 0.613. The Morgan fingerprint density at radius 3 is 2.59 bits per heavy atom. The largest absolute Gasteiger partial charge is 0.496 e. The summed E-state index contributed by atoms with van der Waals surface area (Å²) < 4.78 is 30.9. The number of rotatable bonds is 7. The van der Waals surface area contributed by atoms with Crippen LogP contribution in [0.5, 0.6) is 5.75 Å². The Labute approximate surface area is 192 Å². The maximum Gasteiger partial charge on any atom is 0.231 e. The Morgan fingerprint density at radius 2 is 1.88 bits per heavy atom. The van der Waals surface area contributed by atoms with Crippen molar-refractivity contribution in [2.45, 2.75) is 56.8 Å². The number of benzene rings is 2. The first-order valence-corrected chi connectivity index (χ1v) is 13.4. The predicted molar refractivity (Wildman–Crippen MR) is 130 cm³/mol. The Kier molecular flexibility index (Phi) is 7.08. The molecule has 2 fully saturated rings. The van der Waals surface area contributed by atoms with Crippen LogP contribution in [0.25, 0.3) is 0 Å². The van der Waals surface area contributed by atoms with Crippen LogP contribution in [0, 0.1) is 5.92 Å². The molecular weight excluding hydrogens is 422 g/mol. The molecule has 0 radical (unpaired) electrons. The van der Waals surface area contributed by atoms with Crippen molar-refractivity contribution in [3.05, 3.63) is 59.7 Å². The Hall–Kier alpha value is -2.09. The highest BCUT2D eigenvalue weighted by molar-refractivity contribution is 7.92. The van der Waals surface area contributed by atoms with Gasteiger partial charge in [-0.25, -0.2) is 8.42 Å². The first-order valence-electron chi connectivity index (χ1n) is 11.5. The van der Waals surface area contributed by atoms with Crippen LogP contribution in [0.2, 0.25) is 0 Å². The van der Waals surface area contributed by atoms with Crippen molar-refractivity contribution in [3.8, 4) is 5.75 Å². The third-order valence-electron chi connectivity index (χ3n) is 7.10. The van der Waals surface area contributed by atoms with E-state index in [9.17, 15) is 8.42 Å². The van der Waals surface area contributed by atoms with Crippen LogP contribution in [-0.2, 0) is 16.6 Å². The molecule has 4 unspecified atom stereocenters. The van der Waals surface area contributed by atoms with E-state index in [0.29, 0.717) is 24.2 Å². The lowest BCUT2D eigenvalue weighted by Crippen LogP contribution is -2.55. The van der Waals surface area contributed by atoms with E-state index in [1.54, 1.807) is 20.2 Å². The molecule has 0 bridgehead atoms. The number of anilines is 1. The molecule has 0 aromatic heterocycles. The Balaban J connectivity index is 1.56. The van der Waals surface area contributed by atoms with Crippen molar-refractivity contribution < 1.29 is 13.2 Å². The van der Waals surface area contributed by atoms with Crippen LogP contribution in [-0.4, -0.2) is 40.9 Å². The van der Waals surface area contributed by atoms with Gasteiger partial charge in [0.05, 0.1) is 19.1 Å².